The summed E-state index contributed by atoms with van der Waals surface area (Å²) in [6.07, 6.45) is 2.74. The Morgan fingerprint density at radius 1 is 0.833 bits per heavy atom. The lowest BCUT2D eigenvalue weighted by molar-refractivity contribution is -0.127. The molecule has 0 aromatic heterocycles. The molecule has 8 nitrogen and oxygen atoms in total. The fourth-order valence-electron chi connectivity index (χ4n) is 4.71. The lowest BCUT2D eigenvalue weighted by Gasteiger charge is -2.28. The van der Waals surface area contributed by atoms with Crippen LogP contribution in [-0.2, 0) is 14.8 Å². The van der Waals surface area contributed by atoms with Crippen molar-refractivity contribution in [3.8, 4) is 0 Å². The minimum absolute atomic E-state index is 0.148. The maximum absolute atomic E-state index is 13.2. The van der Waals surface area contributed by atoms with Crippen molar-refractivity contribution in [2.24, 2.45) is 11.8 Å². The van der Waals surface area contributed by atoms with Gasteiger partial charge in [-0.25, -0.2) is 13.1 Å². The quantitative estimate of drug-likeness (QED) is 0.424. The Labute approximate surface area is 212 Å². The number of hydrogen-bond donors (Lipinski definition) is 3. The second kappa shape index (κ2) is 11.1. The monoisotopic (exact) mass is 508 g/mol. The lowest BCUT2D eigenvalue weighted by atomic mass is 9.82. The molecule has 0 spiro atoms. The number of benzene rings is 3. The molecule has 3 N–H and O–H groups in total. The van der Waals surface area contributed by atoms with Gasteiger partial charge in [0, 0.05) is 48.6 Å². The SMILES string of the molecule is CN(C)c1cccc2c(S(=O)(=O)NCC3CCC(C(=O)NNC(=O)c4ccccc4)CC3)cccc12. The molecule has 3 aromatic rings. The van der Waals surface area contributed by atoms with Crippen molar-refractivity contribution in [2.45, 2.75) is 30.6 Å². The Hall–Kier alpha value is -3.43. The number of hydrogen-bond acceptors (Lipinski definition) is 5. The van der Waals surface area contributed by atoms with Gasteiger partial charge in [-0.2, -0.15) is 0 Å². The summed E-state index contributed by atoms with van der Waals surface area (Å²) in [6.45, 7) is 0.325. The van der Waals surface area contributed by atoms with Crippen LogP contribution in [0.25, 0.3) is 10.8 Å². The molecule has 0 saturated heterocycles. The predicted octanol–water partition coefficient (Wildman–Crippen LogP) is 3.45. The fourth-order valence-corrected chi connectivity index (χ4v) is 6.04. The van der Waals surface area contributed by atoms with Gasteiger partial charge < -0.3 is 4.90 Å². The molecule has 1 aliphatic rings. The van der Waals surface area contributed by atoms with Crippen molar-refractivity contribution < 1.29 is 18.0 Å². The van der Waals surface area contributed by atoms with E-state index in [1.807, 2.05) is 49.3 Å². The van der Waals surface area contributed by atoms with E-state index in [0.29, 0.717) is 30.3 Å². The number of nitrogens with one attached hydrogen (secondary N) is 3. The minimum atomic E-state index is -3.70. The van der Waals surface area contributed by atoms with Gasteiger partial charge >= 0.3 is 0 Å². The number of rotatable bonds is 7. The first kappa shape index (κ1) is 25.7. The zero-order valence-corrected chi connectivity index (χ0v) is 21.3. The van der Waals surface area contributed by atoms with Crippen molar-refractivity contribution in [1.29, 1.82) is 0 Å². The van der Waals surface area contributed by atoms with Crippen LogP contribution in [0.2, 0.25) is 0 Å². The third kappa shape index (κ3) is 5.85. The molecule has 0 aliphatic heterocycles. The maximum atomic E-state index is 13.2. The van der Waals surface area contributed by atoms with E-state index in [4.69, 9.17) is 0 Å². The van der Waals surface area contributed by atoms with E-state index >= 15 is 0 Å². The number of anilines is 1. The molecule has 9 heteroatoms. The Kier molecular flexibility index (Phi) is 7.91. The summed E-state index contributed by atoms with van der Waals surface area (Å²) in [6, 6.07) is 19.7. The molecule has 1 fully saturated rings. The molecule has 1 saturated carbocycles. The summed E-state index contributed by atoms with van der Waals surface area (Å²) in [4.78, 5) is 26.9. The summed E-state index contributed by atoms with van der Waals surface area (Å²) in [7, 11) is 0.167. The van der Waals surface area contributed by atoms with Crippen molar-refractivity contribution in [2.75, 3.05) is 25.5 Å². The summed E-state index contributed by atoms with van der Waals surface area (Å²) >= 11 is 0. The molecule has 190 valence electrons. The molecule has 2 amide bonds. The molecule has 0 unspecified atom stereocenters. The van der Waals surface area contributed by atoms with Gasteiger partial charge in [0.1, 0.15) is 0 Å². The molecule has 0 radical (unpaired) electrons. The average Bonchev–Trinajstić information content (AvgIpc) is 2.90. The highest BCUT2D eigenvalue weighted by atomic mass is 32.2. The van der Waals surface area contributed by atoms with Crippen LogP contribution in [0.3, 0.4) is 0 Å². The first-order chi connectivity index (χ1) is 17.3. The topological polar surface area (TPSA) is 108 Å². The lowest BCUT2D eigenvalue weighted by Crippen LogP contribution is -2.45. The summed E-state index contributed by atoms with van der Waals surface area (Å²) < 4.78 is 29.1. The van der Waals surface area contributed by atoms with Gasteiger partial charge in [0.15, 0.2) is 0 Å². The Bertz CT molecular complexity index is 1330. The molecule has 0 heterocycles. The normalized spacial score (nSPS) is 17.9. The number of carbonyl (C=O) groups is 2. The molecule has 0 atom stereocenters. The van der Waals surface area contributed by atoms with Crippen LogP contribution in [0.5, 0.6) is 0 Å². The van der Waals surface area contributed by atoms with E-state index in [2.05, 4.69) is 15.6 Å². The number of sulfonamides is 1. The van der Waals surface area contributed by atoms with E-state index in [1.54, 1.807) is 36.4 Å². The molecule has 1 aliphatic carbocycles. The van der Waals surface area contributed by atoms with Crippen LogP contribution in [0.1, 0.15) is 36.0 Å². The number of carbonyl (C=O) groups excluding carboxylic acids is 2. The number of fused-ring (bicyclic) bond motifs is 1. The van der Waals surface area contributed by atoms with Crippen LogP contribution < -0.4 is 20.5 Å². The van der Waals surface area contributed by atoms with Gasteiger partial charge in [-0.05, 0) is 55.9 Å². The van der Waals surface area contributed by atoms with E-state index in [0.717, 1.165) is 23.9 Å². The second-order valence-corrected chi connectivity index (χ2v) is 11.1. The van der Waals surface area contributed by atoms with E-state index in [9.17, 15) is 18.0 Å². The summed E-state index contributed by atoms with van der Waals surface area (Å²) in [5, 5.41) is 1.57. The van der Waals surface area contributed by atoms with E-state index < -0.39 is 10.0 Å². The molecular weight excluding hydrogens is 476 g/mol. The Morgan fingerprint density at radius 3 is 2.19 bits per heavy atom. The molecular formula is C27H32N4O4S. The predicted molar refractivity (Wildman–Crippen MR) is 141 cm³/mol. The van der Waals surface area contributed by atoms with Crippen molar-refractivity contribution >= 4 is 38.3 Å². The van der Waals surface area contributed by atoms with E-state index in [1.165, 1.54) is 0 Å². The van der Waals surface area contributed by atoms with Crippen molar-refractivity contribution in [3.63, 3.8) is 0 Å². The number of hydrazine groups is 1. The number of nitrogens with zero attached hydrogens (tertiary/aromatic N) is 1. The van der Waals surface area contributed by atoms with Crippen LogP contribution in [-0.4, -0.2) is 40.9 Å². The zero-order chi connectivity index (χ0) is 25.7. The minimum Gasteiger partial charge on any atom is -0.377 e. The Morgan fingerprint density at radius 2 is 1.50 bits per heavy atom. The van der Waals surface area contributed by atoms with Gasteiger partial charge in [-0.3, -0.25) is 20.4 Å². The number of amides is 2. The molecule has 36 heavy (non-hydrogen) atoms. The average molecular weight is 509 g/mol. The summed E-state index contributed by atoms with van der Waals surface area (Å²) in [5.41, 5.74) is 6.41. The van der Waals surface area contributed by atoms with Gasteiger partial charge in [0.2, 0.25) is 15.9 Å². The van der Waals surface area contributed by atoms with Gasteiger partial charge in [0.05, 0.1) is 4.90 Å². The van der Waals surface area contributed by atoms with Crippen LogP contribution in [0, 0.1) is 11.8 Å². The zero-order valence-electron chi connectivity index (χ0n) is 20.5. The standard InChI is InChI=1S/C27H32N4O4S/c1-31(2)24-12-6-11-23-22(24)10-7-13-25(23)36(34,35)28-18-19-14-16-21(17-15-19)27(33)30-29-26(32)20-8-4-3-5-9-20/h3-13,19,21,28H,14-18H2,1-2H3,(H,29,32)(H,30,33). The van der Waals surface area contributed by atoms with Gasteiger partial charge in [0.25, 0.3) is 5.91 Å². The van der Waals surface area contributed by atoms with Gasteiger partial charge in [-0.15, -0.1) is 0 Å². The Balaban J connectivity index is 1.30. The van der Waals surface area contributed by atoms with Crippen molar-refractivity contribution in [1.82, 2.24) is 15.6 Å². The first-order valence-electron chi connectivity index (χ1n) is 12.1. The molecule has 0 bridgehead atoms. The van der Waals surface area contributed by atoms with E-state index in [-0.39, 0.29) is 28.5 Å². The first-order valence-corrected chi connectivity index (χ1v) is 13.6. The van der Waals surface area contributed by atoms with Crippen LogP contribution in [0.15, 0.2) is 71.6 Å². The van der Waals surface area contributed by atoms with Crippen molar-refractivity contribution in [3.05, 3.63) is 72.3 Å². The smallest absolute Gasteiger partial charge is 0.269 e. The third-order valence-corrected chi connectivity index (χ3v) is 8.23. The highest BCUT2D eigenvalue weighted by molar-refractivity contribution is 7.89. The third-order valence-electron chi connectivity index (χ3n) is 6.75. The largest absolute Gasteiger partial charge is 0.377 e. The fraction of sp³-hybridized carbons (Fsp3) is 0.333. The van der Waals surface area contributed by atoms with Crippen LogP contribution >= 0.6 is 0 Å². The van der Waals surface area contributed by atoms with Gasteiger partial charge in [-0.1, -0.05) is 42.5 Å². The molecule has 3 aromatic carbocycles. The van der Waals surface area contributed by atoms with Crippen LogP contribution in [0.4, 0.5) is 5.69 Å². The molecule has 4 rings (SSSR count). The summed E-state index contributed by atoms with van der Waals surface area (Å²) in [5.74, 6) is -0.643. The highest BCUT2D eigenvalue weighted by Crippen LogP contribution is 2.31. The highest BCUT2D eigenvalue weighted by Gasteiger charge is 2.28. The maximum Gasteiger partial charge on any atom is 0.269 e. The second-order valence-electron chi connectivity index (χ2n) is 9.40.